The monoisotopic (exact) mass is 364 g/mol. The van der Waals surface area contributed by atoms with Crippen molar-refractivity contribution in [1.29, 1.82) is 0 Å². The van der Waals surface area contributed by atoms with Crippen LogP contribution in [0.15, 0.2) is 41.3 Å². The highest BCUT2D eigenvalue weighted by Gasteiger charge is 2.26. The number of aryl methyl sites for hydroxylation is 1. The van der Waals surface area contributed by atoms with Gasteiger partial charge >= 0.3 is 5.78 Å². The van der Waals surface area contributed by atoms with Crippen LogP contribution in [0.5, 0.6) is 0 Å². The van der Waals surface area contributed by atoms with Crippen LogP contribution in [-0.4, -0.2) is 19.6 Å². The molecule has 0 unspecified atom stereocenters. The molecule has 136 valence electrons. The highest BCUT2D eigenvalue weighted by Crippen LogP contribution is 2.29. The topological polar surface area (TPSA) is 67.7 Å². The fourth-order valence-electron chi connectivity index (χ4n) is 4.09. The van der Waals surface area contributed by atoms with E-state index in [1.807, 2.05) is 23.8 Å². The van der Waals surface area contributed by atoms with Crippen LogP contribution in [0.25, 0.3) is 27.9 Å². The average Bonchev–Trinajstić information content (AvgIpc) is 3.30. The Balaban J connectivity index is 1.90. The summed E-state index contributed by atoms with van der Waals surface area (Å²) in [6.45, 7) is 1.84. The van der Waals surface area contributed by atoms with Gasteiger partial charge in [0, 0.05) is 24.7 Å². The van der Waals surface area contributed by atoms with E-state index in [4.69, 9.17) is 0 Å². The van der Waals surface area contributed by atoms with Gasteiger partial charge in [0.25, 0.3) is 5.56 Å². The lowest BCUT2D eigenvalue weighted by Gasteiger charge is -2.14. The van der Waals surface area contributed by atoms with Crippen molar-refractivity contribution in [1.82, 2.24) is 19.6 Å². The summed E-state index contributed by atoms with van der Waals surface area (Å²) >= 11 is 0. The molecule has 1 saturated carbocycles. The molecule has 6 nitrogen and oxygen atoms in total. The second-order valence-corrected chi connectivity index (χ2v) is 7.14. The minimum absolute atomic E-state index is 0.0621. The predicted octanol–water partition coefficient (Wildman–Crippen LogP) is 3.09. The molecule has 3 heterocycles. The van der Waals surface area contributed by atoms with E-state index in [2.05, 4.69) is 15.1 Å². The predicted molar refractivity (Wildman–Crippen MR) is 98.9 cm³/mol. The summed E-state index contributed by atoms with van der Waals surface area (Å²) in [4.78, 5) is 22.4. The van der Waals surface area contributed by atoms with E-state index in [-0.39, 0.29) is 17.4 Å². The van der Waals surface area contributed by atoms with E-state index in [1.54, 1.807) is 16.6 Å². The first-order valence-electron chi connectivity index (χ1n) is 9.21. The highest BCUT2D eigenvalue weighted by molar-refractivity contribution is 5.90. The van der Waals surface area contributed by atoms with E-state index in [1.165, 1.54) is 12.1 Å². The van der Waals surface area contributed by atoms with Crippen molar-refractivity contribution in [3.8, 4) is 11.3 Å². The molecule has 4 aromatic rings. The second-order valence-electron chi connectivity index (χ2n) is 7.14. The van der Waals surface area contributed by atoms with Gasteiger partial charge in [-0.15, -0.1) is 4.52 Å². The number of benzene rings is 1. The molecule has 0 amide bonds. The van der Waals surface area contributed by atoms with E-state index < -0.39 is 0 Å². The van der Waals surface area contributed by atoms with Crippen LogP contribution in [0.4, 0.5) is 4.39 Å². The molecule has 0 radical (unpaired) electrons. The van der Waals surface area contributed by atoms with Crippen molar-refractivity contribution in [3.05, 3.63) is 58.5 Å². The molecule has 3 aromatic heterocycles. The smallest absolute Gasteiger partial charge is 0.312 e. The Morgan fingerprint density at radius 3 is 2.63 bits per heavy atom. The first-order chi connectivity index (χ1) is 13.1. The first-order valence-corrected chi connectivity index (χ1v) is 9.21. The Hall–Kier alpha value is -3.09. The van der Waals surface area contributed by atoms with Crippen molar-refractivity contribution >= 4 is 16.7 Å². The number of fused-ring (bicyclic) bond motifs is 2. The molecular weight excluding hydrogens is 345 g/mol. The third-order valence-electron chi connectivity index (χ3n) is 5.36. The largest absolute Gasteiger partial charge is 0.458 e. The Kier molecular flexibility index (Phi) is 3.56. The van der Waals surface area contributed by atoms with Crippen LogP contribution < -0.4 is 10.1 Å². The minimum Gasteiger partial charge on any atom is -0.312 e. The highest BCUT2D eigenvalue weighted by atomic mass is 19.1. The number of nitrogens with zero attached hydrogens (tertiary/aromatic N) is 4. The number of aromatic amines is 1. The van der Waals surface area contributed by atoms with Crippen LogP contribution in [0, 0.1) is 12.7 Å². The fraction of sp³-hybridized carbons (Fsp3) is 0.300. The average molecular weight is 364 g/mol. The summed E-state index contributed by atoms with van der Waals surface area (Å²) in [5, 5.41) is 3.67. The van der Waals surface area contributed by atoms with Gasteiger partial charge in [0.1, 0.15) is 11.2 Å². The molecule has 0 bridgehead atoms. The number of aromatic nitrogens is 5. The molecule has 27 heavy (non-hydrogen) atoms. The number of nitrogens with one attached hydrogen (secondary N) is 1. The van der Waals surface area contributed by atoms with E-state index in [0.29, 0.717) is 28.2 Å². The molecule has 1 aromatic carbocycles. The lowest BCUT2D eigenvalue weighted by atomic mass is 10.1. The quantitative estimate of drug-likeness (QED) is 0.556. The zero-order valence-electron chi connectivity index (χ0n) is 14.9. The van der Waals surface area contributed by atoms with Gasteiger partial charge in [-0.25, -0.2) is 9.49 Å². The van der Waals surface area contributed by atoms with Crippen molar-refractivity contribution in [2.24, 2.45) is 0 Å². The maximum atomic E-state index is 13.5. The number of hydrogen-bond donors (Lipinski definition) is 1. The maximum absolute atomic E-state index is 13.5. The lowest BCUT2D eigenvalue weighted by molar-refractivity contribution is -0.567. The Bertz CT molecular complexity index is 1220. The van der Waals surface area contributed by atoms with Crippen molar-refractivity contribution in [3.63, 3.8) is 0 Å². The van der Waals surface area contributed by atoms with Gasteiger partial charge in [-0.2, -0.15) is 0 Å². The Morgan fingerprint density at radius 1 is 1.15 bits per heavy atom. The van der Waals surface area contributed by atoms with Crippen molar-refractivity contribution in [2.75, 3.05) is 0 Å². The van der Waals surface area contributed by atoms with E-state index in [9.17, 15) is 9.18 Å². The van der Waals surface area contributed by atoms with Crippen LogP contribution >= 0.6 is 0 Å². The number of hydrogen-bond acceptors (Lipinski definition) is 3. The minimum atomic E-state index is -0.317. The zero-order chi connectivity index (χ0) is 18.5. The second kappa shape index (κ2) is 5.97. The molecule has 1 fully saturated rings. The summed E-state index contributed by atoms with van der Waals surface area (Å²) in [5.41, 5.74) is 1.93. The Morgan fingerprint density at radius 2 is 1.89 bits per heavy atom. The number of rotatable bonds is 2. The van der Waals surface area contributed by atoms with Crippen LogP contribution in [0.1, 0.15) is 37.5 Å². The van der Waals surface area contributed by atoms with Crippen LogP contribution in [0.2, 0.25) is 0 Å². The van der Waals surface area contributed by atoms with Gasteiger partial charge in [-0.1, -0.05) is 22.8 Å². The summed E-state index contributed by atoms with van der Waals surface area (Å²) < 4.78 is 17.0. The summed E-state index contributed by atoms with van der Waals surface area (Å²) in [5.74, 6) is 0.858. The molecule has 7 heteroatoms. The normalized spacial score (nSPS) is 15.2. The zero-order valence-corrected chi connectivity index (χ0v) is 14.9. The molecule has 1 N–H and O–H groups in total. The van der Waals surface area contributed by atoms with Crippen LogP contribution in [-0.2, 0) is 0 Å². The maximum Gasteiger partial charge on any atom is 0.458 e. The first kappa shape index (κ1) is 16.1. The Labute approximate surface area is 154 Å². The van der Waals surface area contributed by atoms with Gasteiger partial charge in [0.2, 0.25) is 5.82 Å². The van der Waals surface area contributed by atoms with Crippen molar-refractivity contribution in [2.45, 2.75) is 38.6 Å². The summed E-state index contributed by atoms with van der Waals surface area (Å²) in [6, 6.07) is 8.27. The standard InChI is InChI=1S/C20H18FN5O/c1-12-22-20-23-16-10-11-25(15-4-2-3-5-15)19(27)17(16)18(26(20)24-12)13-6-8-14(21)9-7-13/h6-11,15H,2-5H2,1H3/p+1. The SMILES string of the molecule is Cc1nc2nc3ccn(C4CCCC4)c(=O)c3c(-c3ccc(F)cc3)[n+]2[nH]1. The third-order valence-corrected chi connectivity index (χ3v) is 5.36. The van der Waals surface area contributed by atoms with Crippen LogP contribution in [0.3, 0.4) is 0 Å². The fourth-order valence-corrected chi connectivity index (χ4v) is 4.09. The molecule has 1 aliphatic rings. The molecule has 1 aliphatic carbocycles. The number of halogens is 1. The van der Waals surface area contributed by atoms with Crippen molar-refractivity contribution < 1.29 is 8.91 Å². The van der Waals surface area contributed by atoms with Gasteiger partial charge in [-0.05, 0) is 43.2 Å². The molecule has 0 spiro atoms. The summed E-state index contributed by atoms with van der Waals surface area (Å²) in [6.07, 6.45) is 6.17. The third kappa shape index (κ3) is 2.53. The lowest BCUT2D eigenvalue weighted by Crippen LogP contribution is -2.32. The number of pyridine rings is 1. The van der Waals surface area contributed by atoms with Gasteiger partial charge < -0.3 is 4.57 Å². The van der Waals surface area contributed by atoms with Gasteiger partial charge in [0.15, 0.2) is 11.2 Å². The summed E-state index contributed by atoms with van der Waals surface area (Å²) in [7, 11) is 0. The molecule has 5 rings (SSSR count). The molecule has 0 aliphatic heterocycles. The molecule has 0 saturated heterocycles. The molecule has 0 atom stereocenters. The van der Waals surface area contributed by atoms with Gasteiger partial charge in [-0.3, -0.25) is 4.79 Å². The van der Waals surface area contributed by atoms with E-state index >= 15 is 0 Å². The molecular formula is C20H19FN5O+. The number of H-pyrrole nitrogens is 1. The van der Waals surface area contributed by atoms with E-state index in [0.717, 1.165) is 31.2 Å². The van der Waals surface area contributed by atoms with Gasteiger partial charge in [0.05, 0.1) is 0 Å².